The fourth-order valence-electron chi connectivity index (χ4n) is 2.45. The molecule has 0 unspecified atom stereocenters. The summed E-state index contributed by atoms with van der Waals surface area (Å²) in [5, 5.41) is 10.5. The van der Waals surface area contributed by atoms with Gasteiger partial charge in [0.1, 0.15) is 6.23 Å². The number of nitro groups is 1. The molecular formula is C11H12N2O3. The van der Waals surface area contributed by atoms with Gasteiger partial charge in [0.15, 0.2) is 0 Å². The Labute approximate surface area is 92.8 Å². The second-order valence-corrected chi connectivity index (χ2v) is 4.32. The second kappa shape index (κ2) is 3.45. The van der Waals surface area contributed by atoms with Crippen LogP contribution in [0.4, 0.5) is 11.4 Å². The minimum Gasteiger partial charge on any atom is -0.358 e. The third kappa shape index (κ3) is 1.44. The van der Waals surface area contributed by atoms with Gasteiger partial charge in [-0.05, 0) is 18.6 Å². The summed E-state index contributed by atoms with van der Waals surface area (Å²) in [4.78, 5) is 12.3. The molecular weight excluding hydrogens is 208 g/mol. The molecule has 5 heteroatoms. The van der Waals surface area contributed by atoms with Crippen LogP contribution in [0, 0.1) is 16.0 Å². The van der Waals surface area contributed by atoms with Crippen molar-refractivity contribution in [2.24, 2.45) is 5.92 Å². The van der Waals surface area contributed by atoms with Crippen LogP contribution >= 0.6 is 0 Å². The third-order valence-electron chi connectivity index (χ3n) is 3.25. The van der Waals surface area contributed by atoms with Crippen LogP contribution in [0.1, 0.15) is 6.42 Å². The standard InChI is InChI=1S/C11H12N2O3/c14-13(15)10-3-1-9(2-4-10)12-6-8-5-11(12)16-7-8/h1-4,8,11H,5-7H2/t8-,11+/m0/s1. The van der Waals surface area contributed by atoms with E-state index in [0.717, 1.165) is 25.3 Å². The first-order chi connectivity index (χ1) is 7.74. The maximum absolute atomic E-state index is 10.5. The average Bonchev–Trinajstić information content (AvgIpc) is 2.91. The first kappa shape index (κ1) is 9.59. The highest BCUT2D eigenvalue weighted by Gasteiger charge is 2.39. The van der Waals surface area contributed by atoms with E-state index in [2.05, 4.69) is 4.90 Å². The van der Waals surface area contributed by atoms with Gasteiger partial charge in [-0.3, -0.25) is 10.1 Å². The molecule has 0 spiro atoms. The molecule has 0 N–H and O–H groups in total. The quantitative estimate of drug-likeness (QED) is 0.563. The second-order valence-electron chi connectivity index (χ2n) is 4.32. The van der Waals surface area contributed by atoms with Gasteiger partial charge in [0, 0.05) is 30.3 Å². The summed E-state index contributed by atoms with van der Waals surface area (Å²) in [7, 11) is 0. The molecule has 84 valence electrons. The SMILES string of the molecule is O=[N+]([O-])c1ccc(N2C[C@H]3CO[C@@H]2C3)cc1. The first-order valence-electron chi connectivity index (χ1n) is 5.37. The van der Waals surface area contributed by atoms with Gasteiger partial charge in [-0.1, -0.05) is 0 Å². The highest BCUT2D eigenvalue weighted by atomic mass is 16.6. The fourth-order valence-corrected chi connectivity index (χ4v) is 2.45. The van der Waals surface area contributed by atoms with Crippen molar-refractivity contribution in [1.29, 1.82) is 0 Å². The van der Waals surface area contributed by atoms with Crippen LogP contribution in [0.2, 0.25) is 0 Å². The average molecular weight is 220 g/mol. The zero-order chi connectivity index (χ0) is 11.1. The van der Waals surface area contributed by atoms with Crippen LogP contribution in [-0.4, -0.2) is 24.3 Å². The monoisotopic (exact) mass is 220 g/mol. The van der Waals surface area contributed by atoms with Crippen LogP contribution in [0.5, 0.6) is 0 Å². The summed E-state index contributed by atoms with van der Waals surface area (Å²) in [5.41, 5.74) is 1.15. The number of ether oxygens (including phenoxy) is 1. The van der Waals surface area contributed by atoms with E-state index in [4.69, 9.17) is 4.74 Å². The van der Waals surface area contributed by atoms with E-state index in [1.54, 1.807) is 24.3 Å². The molecule has 0 aromatic heterocycles. The Morgan fingerprint density at radius 3 is 2.62 bits per heavy atom. The summed E-state index contributed by atoms with van der Waals surface area (Å²) in [5.74, 6) is 0.625. The number of non-ortho nitro benzene ring substituents is 1. The maximum Gasteiger partial charge on any atom is 0.269 e. The van der Waals surface area contributed by atoms with Gasteiger partial charge in [0.2, 0.25) is 0 Å². The molecule has 2 heterocycles. The summed E-state index contributed by atoms with van der Waals surface area (Å²) in [6, 6.07) is 6.67. The molecule has 0 amide bonds. The summed E-state index contributed by atoms with van der Waals surface area (Å²) in [6.45, 7) is 1.86. The zero-order valence-corrected chi connectivity index (χ0v) is 8.70. The maximum atomic E-state index is 10.5. The van der Waals surface area contributed by atoms with Crippen molar-refractivity contribution in [3.05, 3.63) is 34.4 Å². The van der Waals surface area contributed by atoms with Crippen LogP contribution in [-0.2, 0) is 4.74 Å². The molecule has 2 atom stereocenters. The number of fused-ring (bicyclic) bond motifs is 2. The Kier molecular flexibility index (Phi) is 2.07. The lowest BCUT2D eigenvalue weighted by atomic mass is 10.2. The summed E-state index contributed by atoms with van der Waals surface area (Å²) < 4.78 is 5.59. The number of hydrogen-bond acceptors (Lipinski definition) is 4. The number of nitrogens with zero attached hydrogens (tertiary/aromatic N) is 2. The van der Waals surface area contributed by atoms with Crippen molar-refractivity contribution in [1.82, 2.24) is 0 Å². The van der Waals surface area contributed by atoms with E-state index in [1.807, 2.05) is 0 Å². The molecule has 1 aromatic rings. The van der Waals surface area contributed by atoms with Crippen LogP contribution < -0.4 is 4.90 Å². The summed E-state index contributed by atoms with van der Waals surface area (Å²) >= 11 is 0. The van der Waals surface area contributed by atoms with Crippen LogP contribution in [0.15, 0.2) is 24.3 Å². The van der Waals surface area contributed by atoms with Crippen LogP contribution in [0.3, 0.4) is 0 Å². The van der Waals surface area contributed by atoms with E-state index in [-0.39, 0.29) is 16.8 Å². The van der Waals surface area contributed by atoms with Gasteiger partial charge < -0.3 is 9.64 Å². The minimum absolute atomic E-state index is 0.133. The van der Waals surface area contributed by atoms with Crippen molar-refractivity contribution in [2.75, 3.05) is 18.1 Å². The van der Waals surface area contributed by atoms with Gasteiger partial charge in [0.05, 0.1) is 11.5 Å². The predicted molar refractivity (Wildman–Crippen MR) is 58.3 cm³/mol. The summed E-state index contributed by atoms with van der Waals surface area (Å²) in [6.07, 6.45) is 1.25. The van der Waals surface area contributed by atoms with Gasteiger partial charge in [-0.2, -0.15) is 0 Å². The molecule has 3 rings (SSSR count). The molecule has 0 radical (unpaired) electrons. The molecule has 5 nitrogen and oxygen atoms in total. The van der Waals surface area contributed by atoms with Crippen molar-refractivity contribution in [3.8, 4) is 0 Å². The van der Waals surface area contributed by atoms with Crippen molar-refractivity contribution < 1.29 is 9.66 Å². The predicted octanol–water partition coefficient (Wildman–Crippen LogP) is 1.78. The fraction of sp³-hybridized carbons (Fsp3) is 0.455. The Bertz CT molecular complexity index is 418. The van der Waals surface area contributed by atoms with Crippen molar-refractivity contribution in [2.45, 2.75) is 12.6 Å². The van der Waals surface area contributed by atoms with E-state index in [9.17, 15) is 10.1 Å². The number of anilines is 1. The molecule has 2 saturated heterocycles. The molecule has 16 heavy (non-hydrogen) atoms. The highest BCUT2D eigenvalue weighted by Crippen LogP contribution is 2.35. The van der Waals surface area contributed by atoms with E-state index < -0.39 is 0 Å². The Morgan fingerprint density at radius 2 is 2.12 bits per heavy atom. The smallest absolute Gasteiger partial charge is 0.269 e. The van der Waals surface area contributed by atoms with E-state index >= 15 is 0 Å². The molecule has 2 fully saturated rings. The number of rotatable bonds is 2. The molecule has 1 aromatic carbocycles. The van der Waals surface area contributed by atoms with Gasteiger partial charge >= 0.3 is 0 Å². The molecule has 0 aliphatic carbocycles. The minimum atomic E-state index is -0.379. The lowest BCUT2D eigenvalue weighted by Crippen LogP contribution is -2.35. The number of nitro benzene ring substituents is 1. The number of hydrogen-bond donors (Lipinski definition) is 0. The molecule has 2 bridgehead atoms. The normalized spacial score (nSPS) is 27.4. The lowest BCUT2D eigenvalue weighted by molar-refractivity contribution is -0.384. The molecule has 2 aliphatic rings. The molecule has 2 aliphatic heterocycles. The van der Waals surface area contributed by atoms with Gasteiger partial charge in [-0.15, -0.1) is 0 Å². The van der Waals surface area contributed by atoms with E-state index in [1.165, 1.54) is 0 Å². The number of benzene rings is 1. The Hall–Kier alpha value is -1.62. The first-order valence-corrected chi connectivity index (χ1v) is 5.37. The lowest BCUT2D eigenvalue weighted by Gasteiger charge is -2.28. The Morgan fingerprint density at radius 1 is 1.38 bits per heavy atom. The Balaban J connectivity index is 1.82. The van der Waals surface area contributed by atoms with Crippen molar-refractivity contribution >= 4 is 11.4 Å². The topological polar surface area (TPSA) is 55.6 Å². The van der Waals surface area contributed by atoms with Crippen LogP contribution in [0.25, 0.3) is 0 Å². The van der Waals surface area contributed by atoms with Gasteiger partial charge in [-0.25, -0.2) is 0 Å². The zero-order valence-electron chi connectivity index (χ0n) is 8.70. The van der Waals surface area contributed by atoms with Gasteiger partial charge in [0.25, 0.3) is 5.69 Å². The highest BCUT2D eigenvalue weighted by molar-refractivity contribution is 5.52. The molecule has 0 saturated carbocycles. The third-order valence-corrected chi connectivity index (χ3v) is 3.25. The van der Waals surface area contributed by atoms with E-state index in [0.29, 0.717) is 5.92 Å². The largest absolute Gasteiger partial charge is 0.358 e. The van der Waals surface area contributed by atoms with Crippen molar-refractivity contribution in [3.63, 3.8) is 0 Å².